The molecule has 1 atom stereocenters. The Kier molecular flexibility index (Phi) is 4.02. The number of guanidine groups is 1. The van der Waals surface area contributed by atoms with Gasteiger partial charge in [-0.2, -0.15) is 0 Å². The first-order valence-electron chi connectivity index (χ1n) is 7.34. The van der Waals surface area contributed by atoms with E-state index in [1.807, 2.05) is 6.07 Å². The molecule has 0 fully saturated rings. The van der Waals surface area contributed by atoms with Gasteiger partial charge in [0.05, 0.1) is 25.5 Å². The molecule has 0 radical (unpaired) electrons. The summed E-state index contributed by atoms with van der Waals surface area (Å²) in [7, 11) is 4.73. The third kappa shape index (κ3) is 2.52. The van der Waals surface area contributed by atoms with E-state index in [0.29, 0.717) is 34.3 Å². The first kappa shape index (κ1) is 16.1. The molecular weight excluding hydrogens is 311 g/mol. The lowest BCUT2D eigenvalue weighted by Gasteiger charge is -2.31. The lowest BCUT2D eigenvalue weighted by molar-refractivity contribution is 0.375. The van der Waals surface area contributed by atoms with Crippen molar-refractivity contribution >= 4 is 11.6 Å². The molecule has 2 aromatic rings. The van der Waals surface area contributed by atoms with Crippen LogP contribution in [0.4, 0.5) is 10.1 Å². The van der Waals surface area contributed by atoms with Crippen LogP contribution in [0.3, 0.4) is 0 Å². The van der Waals surface area contributed by atoms with Crippen LogP contribution in [-0.2, 0) is 0 Å². The highest BCUT2D eigenvalue weighted by Gasteiger charge is 2.24. The molecule has 0 spiro atoms. The van der Waals surface area contributed by atoms with Crippen LogP contribution >= 0.6 is 0 Å². The summed E-state index contributed by atoms with van der Waals surface area (Å²) in [5, 5.41) is 0. The molecule has 7 heteroatoms. The van der Waals surface area contributed by atoms with Gasteiger partial charge in [0.25, 0.3) is 0 Å². The molecule has 4 N–H and O–H groups in total. The Labute approximate surface area is 139 Å². The summed E-state index contributed by atoms with van der Waals surface area (Å²) >= 11 is 0. The van der Waals surface area contributed by atoms with E-state index in [0.717, 1.165) is 5.56 Å². The number of nitrogens with two attached hydrogens (primary N) is 2. The van der Waals surface area contributed by atoms with Gasteiger partial charge in [-0.1, -0.05) is 12.1 Å². The van der Waals surface area contributed by atoms with Gasteiger partial charge in [-0.3, -0.25) is 0 Å². The van der Waals surface area contributed by atoms with Crippen molar-refractivity contribution < 1.29 is 13.9 Å². The maximum Gasteiger partial charge on any atom is 0.197 e. The zero-order valence-corrected chi connectivity index (χ0v) is 13.7. The molecule has 3 rings (SSSR count). The maximum atomic E-state index is 14.6. The van der Waals surface area contributed by atoms with Gasteiger partial charge in [-0.15, -0.1) is 0 Å². The zero-order chi connectivity index (χ0) is 17.4. The van der Waals surface area contributed by atoms with Crippen LogP contribution < -0.4 is 20.9 Å². The molecule has 0 aliphatic carbocycles. The summed E-state index contributed by atoms with van der Waals surface area (Å²) in [6, 6.07) is 8.31. The molecular formula is C17H19FN4O2. The molecule has 1 unspecified atom stereocenters. The topological polar surface area (TPSA) is 86.1 Å². The molecule has 6 nitrogen and oxygen atoms in total. The molecule has 0 saturated carbocycles. The predicted molar refractivity (Wildman–Crippen MR) is 90.9 cm³/mol. The van der Waals surface area contributed by atoms with E-state index in [-0.39, 0.29) is 0 Å². The molecule has 0 amide bonds. The monoisotopic (exact) mass is 330 g/mol. The lowest BCUT2D eigenvalue weighted by Crippen LogP contribution is -2.42. The van der Waals surface area contributed by atoms with Crippen LogP contribution in [0.5, 0.6) is 11.5 Å². The maximum absolute atomic E-state index is 14.6. The molecule has 24 heavy (non-hydrogen) atoms. The van der Waals surface area contributed by atoms with E-state index in [1.165, 1.54) is 20.3 Å². The highest BCUT2D eigenvalue weighted by molar-refractivity contribution is 5.85. The molecule has 0 saturated heterocycles. The van der Waals surface area contributed by atoms with E-state index in [9.17, 15) is 4.39 Å². The molecule has 126 valence electrons. The average molecular weight is 330 g/mol. The van der Waals surface area contributed by atoms with E-state index < -0.39 is 12.0 Å². The fraction of sp³-hybridized carbons (Fsp3) is 0.235. The minimum Gasteiger partial charge on any atom is -0.497 e. The van der Waals surface area contributed by atoms with Crippen molar-refractivity contribution in [2.24, 2.45) is 16.5 Å². The summed E-state index contributed by atoms with van der Waals surface area (Å²) in [6.45, 7) is 0. The van der Waals surface area contributed by atoms with Crippen LogP contribution in [0, 0.1) is 5.82 Å². The number of hydrogen-bond donors (Lipinski definition) is 2. The fourth-order valence-corrected chi connectivity index (χ4v) is 2.72. The summed E-state index contributed by atoms with van der Waals surface area (Å²) in [5.41, 5.74) is 14.4. The number of halogens is 1. The predicted octanol–water partition coefficient (Wildman–Crippen LogP) is 2.36. The number of aliphatic imine (C=N–C) groups is 1. The number of ether oxygens (including phenoxy) is 2. The smallest absolute Gasteiger partial charge is 0.197 e. The fourth-order valence-electron chi connectivity index (χ4n) is 2.72. The summed E-state index contributed by atoms with van der Waals surface area (Å²) in [5.74, 6) is 0.632. The number of nitrogens with zero attached hydrogens (tertiary/aromatic N) is 2. The van der Waals surface area contributed by atoms with Gasteiger partial charge >= 0.3 is 0 Å². The molecule has 0 bridgehead atoms. The van der Waals surface area contributed by atoms with Crippen molar-refractivity contribution in [1.82, 2.24) is 4.90 Å². The van der Waals surface area contributed by atoms with Crippen molar-refractivity contribution in [2.45, 2.75) is 6.17 Å². The van der Waals surface area contributed by atoms with Gasteiger partial charge in [0.2, 0.25) is 0 Å². The van der Waals surface area contributed by atoms with Crippen LogP contribution in [-0.4, -0.2) is 32.1 Å². The van der Waals surface area contributed by atoms with Crippen molar-refractivity contribution in [1.29, 1.82) is 0 Å². The van der Waals surface area contributed by atoms with Crippen molar-refractivity contribution in [3.05, 3.63) is 41.7 Å². The summed E-state index contributed by atoms with van der Waals surface area (Å²) < 4.78 is 25.0. The highest BCUT2D eigenvalue weighted by atomic mass is 19.1. The Bertz CT molecular complexity index is 822. The Morgan fingerprint density at radius 3 is 2.58 bits per heavy atom. The third-order valence-electron chi connectivity index (χ3n) is 4.13. The Hall–Kier alpha value is -2.80. The van der Waals surface area contributed by atoms with Crippen molar-refractivity contribution in [3.8, 4) is 22.6 Å². The van der Waals surface area contributed by atoms with Gasteiger partial charge in [-0.25, -0.2) is 9.38 Å². The molecule has 1 aliphatic rings. The van der Waals surface area contributed by atoms with Gasteiger partial charge < -0.3 is 25.8 Å². The minimum atomic E-state index is -0.444. The standard InChI is InChI=1S/C17H19FN4O2/c1-22-16(19)11-5-4-9(6-13(11)21-17(22)20)15-12(18)7-10(23-2)8-14(15)24-3/h4-8,16H,19H2,1-3H3,(H2,20,21). The van der Waals surface area contributed by atoms with Crippen LogP contribution in [0.15, 0.2) is 35.3 Å². The van der Waals surface area contributed by atoms with Crippen molar-refractivity contribution in [2.75, 3.05) is 21.3 Å². The van der Waals surface area contributed by atoms with Gasteiger partial charge in [-0.05, 0) is 11.6 Å². The van der Waals surface area contributed by atoms with E-state index in [1.54, 1.807) is 30.1 Å². The van der Waals surface area contributed by atoms with Crippen LogP contribution in [0.2, 0.25) is 0 Å². The number of benzene rings is 2. The van der Waals surface area contributed by atoms with E-state index in [2.05, 4.69) is 4.99 Å². The van der Waals surface area contributed by atoms with Crippen molar-refractivity contribution in [3.63, 3.8) is 0 Å². The van der Waals surface area contributed by atoms with Crippen LogP contribution in [0.1, 0.15) is 11.7 Å². The third-order valence-corrected chi connectivity index (χ3v) is 4.13. The normalized spacial score (nSPS) is 16.5. The minimum absolute atomic E-state index is 0.314. The Morgan fingerprint density at radius 1 is 1.17 bits per heavy atom. The first-order chi connectivity index (χ1) is 11.5. The largest absolute Gasteiger partial charge is 0.497 e. The average Bonchev–Trinajstić information content (AvgIpc) is 2.58. The second kappa shape index (κ2) is 6.01. The highest BCUT2D eigenvalue weighted by Crippen LogP contribution is 2.40. The van der Waals surface area contributed by atoms with Gasteiger partial charge in [0.1, 0.15) is 23.5 Å². The number of hydrogen-bond acceptors (Lipinski definition) is 6. The summed E-state index contributed by atoms with van der Waals surface area (Å²) in [4.78, 5) is 6.01. The zero-order valence-electron chi connectivity index (χ0n) is 13.7. The summed E-state index contributed by atoms with van der Waals surface area (Å²) in [6.07, 6.45) is -0.394. The lowest BCUT2D eigenvalue weighted by atomic mass is 9.99. The Balaban J connectivity index is 2.16. The second-order valence-electron chi connectivity index (χ2n) is 5.49. The number of methoxy groups -OCH3 is 2. The van der Waals surface area contributed by atoms with Gasteiger partial charge in [0, 0.05) is 24.7 Å². The van der Waals surface area contributed by atoms with E-state index in [4.69, 9.17) is 20.9 Å². The second-order valence-corrected chi connectivity index (χ2v) is 5.49. The van der Waals surface area contributed by atoms with E-state index >= 15 is 0 Å². The quantitative estimate of drug-likeness (QED) is 0.902. The molecule has 1 aliphatic heterocycles. The number of rotatable bonds is 3. The van der Waals surface area contributed by atoms with Crippen LogP contribution in [0.25, 0.3) is 11.1 Å². The first-order valence-corrected chi connectivity index (χ1v) is 7.34. The molecule has 0 aromatic heterocycles. The number of fused-ring (bicyclic) bond motifs is 1. The molecule has 1 heterocycles. The Morgan fingerprint density at radius 2 is 1.92 bits per heavy atom. The SMILES string of the molecule is COc1cc(F)c(-c2ccc3c(c2)N=C(N)N(C)C3N)c(OC)c1. The van der Waals surface area contributed by atoms with Gasteiger partial charge in [0.15, 0.2) is 5.96 Å². The molecule has 2 aromatic carbocycles.